The van der Waals surface area contributed by atoms with Gasteiger partial charge in [0, 0.05) is 13.0 Å². The van der Waals surface area contributed by atoms with Crippen LogP contribution in [0.25, 0.3) is 0 Å². The maximum Gasteiger partial charge on any atom is 0.317 e. The number of aliphatic carboxylic acids is 3. The van der Waals surface area contributed by atoms with Gasteiger partial charge in [-0.1, -0.05) is 0 Å². The van der Waals surface area contributed by atoms with Crippen molar-refractivity contribution in [1.29, 1.82) is 0 Å². The molecule has 3 N–H and O–H groups in total. The number of nitrogens with zero attached hydrogens (tertiary/aromatic N) is 1. The highest BCUT2D eigenvalue weighted by Crippen LogP contribution is 2.07. The van der Waals surface area contributed by atoms with Crippen LogP contribution in [0.2, 0.25) is 0 Å². The summed E-state index contributed by atoms with van der Waals surface area (Å²) in [5.74, 6) is -5.24. The number of Topliss-reactive ketones (excluding diaryl/α,β-unsaturated/α-hetero) is 1. The van der Waals surface area contributed by atoms with Gasteiger partial charge in [0.05, 0.1) is 19.0 Å². The van der Waals surface area contributed by atoms with Gasteiger partial charge in [0.25, 0.3) is 0 Å². The quantitative estimate of drug-likeness (QED) is 0.488. The average molecular weight is 261 g/mol. The summed E-state index contributed by atoms with van der Waals surface area (Å²) in [4.78, 5) is 43.7. The molecule has 0 aliphatic heterocycles. The number of carbonyl (C=O) groups excluding carboxylic acids is 1. The van der Waals surface area contributed by atoms with Crippen LogP contribution in [0.5, 0.6) is 0 Å². The van der Waals surface area contributed by atoms with Crippen LogP contribution < -0.4 is 0 Å². The number of carboxylic acids is 3. The molecule has 8 nitrogen and oxygen atoms in total. The molecular formula is C10H15NO7. The van der Waals surface area contributed by atoms with Gasteiger partial charge in [-0.25, -0.2) is 0 Å². The smallest absolute Gasteiger partial charge is 0.317 e. The van der Waals surface area contributed by atoms with E-state index in [1.807, 2.05) is 0 Å². The average Bonchev–Trinajstić information content (AvgIpc) is 2.13. The Hall–Kier alpha value is -1.96. The van der Waals surface area contributed by atoms with Crippen LogP contribution in [0.4, 0.5) is 0 Å². The molecule has 0 spiro atoms. The number of ketones is 1. The minimum Gasteiger partial charge on any atom is -0.481 e. The highest BCUT2D eigenvalue weighted by Gasteiger charge is 2.24. The Labute approximate surface area is 103 Å². The van der Waals surface area contributed by atoms with Gasteiger partial charge >= 0.3 is 17.9 Å². The Kier molecular flexibility index (Phi) is 6.58. The van der Waals surface area contributed by atoms with E-state index in [1.54, 1.807) is 0 Å². The second-order valence-electron chi connectivity index (χ2n) is 3.90. The summed E-state index contributed by atoms with van der Waals surface area (Å²) >= 11 is 0. The van der Waals surface area contributed by atoms with Crippen molar-refractivity contribution in [3.8, 4) is 0 Å². The van der Waals surface area contributed by atoms with Crippen molar-refractivity contribution in [3.63, 3.8) is 0 Å². The first-order valence-corrected chi connectivity index (χ1v) is 5.10. The summed E-state index contributed by atoms with van der Waals surface area (Å²) in [5, 5.41) is 26.0. The molecule has 0 fully saturated rings. The number of carbonyl (C=O) groups is 4. The molecule has 0 amide bonds. The van der Waals surface area contributed by atoms with Gasteiger partial charge in [0.2, 0.25) is 0 Å². The van der Waals surface area contributed by atoms with E-state index >= 15 is 0 Å². The lowest BCUT2D eigenvalue weighted by Gasteiger charge is -2.21. The van der Waals surface area contributed by atoms with Crippen molar-refractivity contribution in [1.82, 2.24) is 4.90 Å². The second kappa shape index (κ2) is 7.38. The molecule has 0 aliphatic carbocycles. The Balaban J connectivity index is 4.67. The molecule has 0 rings (SSSR count). The third kappa shape index (κ3) is 7.34. The van der Waals surface area contributed by atoms with Gasteiger partial charge in [0.1, 0.15) is 5.78 Å². The highest BCUT2D eigenvalue weighted by atomic mass is 16.4. The van der Waals surface area contributed by atoms with Crippen LogP contribution >= 0.6 is 0 Å². The second-order valence-corrected chi connectivity index (χ2v) is 3.90. The lowest BCUT2D eigenvalue weighted by atomic mass is 10.0. The minimum atomic E-state index is -1.26. The molecule has 0 heterocycles. The topological polar surface area (TPSA) is 132 Å². The first-order chi connectivity index (χ1) is 8.22. The van der Waals surface area contributed by atoms with Crippen molar-refractivity contribution in [2.24, 2.45) is 5.92 Å². The van der Waals surface area contributed by atoms with E-state index in [0.29, 0.717) is 0 Å². The molecule has 102 valence electrons. The Morgan fingerprint density at radius 1 is 1.00 bits per heavy atom. The molecule has 0 saturated heterocycles. The molecule has 0 aromatic rings. The third-order valence-electron chi connectivity index (χ3n) is 2.08. The molecule has 0 aliphatic rings. The molecule has 0 aromatic carbocycles. The molecular weight excluding hydrogens is 246 g/mol. The van der Waals surface area contributed by atoms with Gasteiger partial charge in [-0.15, -0.1) is 0 Å². The van der Waals surface area contributed by atoms with Crippen LogP contribution in [0.15, 0.2) is 0 Å². The zero-order valence-electron chi connectivity index (χ0n) is 9.83. The van der Waals surface area contributed by atoms with Gasteiger partial charge in [0.15, 0.2) is 0 Å². The summed E-state index contributed by atoms with van der Waals surface area (Å²) in [5.41, 5.74) is 0. The SMILES string of the molecule is CC(=O)CC(CN(CC(=O)O)CC(=O)O)C(=O)O. The summed E-state index contributed by atoms with van der Waals surface area (Å²) in [6.45, 7) is -0.260. The first-order valence-electron chi connectivity index (χ1n) is 5.10. The van der Waals surface area contributed by atoms with E-state index in [-0.39, 0.29) is 18.7 Å². The van der Waals surface area contributed by atoms with Crippen LogP contribution in [0.3, 0.4) is 0 Å². The van der Waals surface area contributed by atoms with Crippen molar-refractivity contribution >= 4 is 23.7 Å². The van der Waals surface area contributed by atoms with E-state index < -0.39 is 36.9 Å². The zero-order valence-corrected chi connectivity index (χ0v) is 9.83. The number of hydrogen-bond acceptors (Lipinski definition) is 5. The van der Waals surface area contributed by atoms with E-state index in [2.05, 4.69) is 0 Å². The fourth-order valence-electron chi connectivity index (χ4n) is 1.46. The lowest BCUT2D eigenvalue weighted by molar-refractivity contribution is -0.148. The molecule has 1 unspecified atom stereocenters. The van der Waals surface area contributed by atoms with Crippen LogP contribution in [0, 0.1) is 5.92 Å². The largest absolute Gasteiger partial charge is 0.481 e. The lowest BCUT2D eigenvalue weighted by Crippen LogP contribution is -2.40. The van der Waals surface area contributed by atoms with E-state index in [9.17, 15) is 19.2 Å². The van der Waals surface area contributed by atoms with Crippen molar-refractivity contribution in [2.75, 3.05) is 19.6 Å². The molecule has 0 bridgehead atoms. The predicted molar refractivity (Wildman–Crippen MR) is 58.1 cm³/mol. The normalized spacial score (nSPS) is 12.1. The molecule has 0 aromatic heterocycles. The summed E-state index contributed by atoms with van der Waals surface area (Å²) in [6, 6.07) is 0. The number of hydrogen-bond donors (Lipinski definition) is 3. The maximum absolute atomic E-state index is 10.9. The highest BCUT2D eigenvalue weighted by molar-refractivity contribution is 5.82. The van der Waals surface area contributed by atoms with Gasteiger partial charge in [-0.05, 0) is 6.92 Å². The van der Waals surface area contributed by atoms with E-state index in [1.165, 1.54) is 6.92 Å². The van der Waals surface area contributed by atoms with Crippen LogP contribution in [-0.2, 0) is 19.2 Å². The van der Waals surface area contributed by atoms with Gasteiger partial charge < -0.3 is 20.1 Å². The molecule has 1 atom stereocenters. The van der Waals surface area contributed by atoms with Crippen LogP contribution in [0.1, 0.15) is 13.3 Å². The first kappa shape index (κ1) is 16.0. The van der Waals surface area contributed by atoms with Crippen molar-refractivity contribution in [3.05, 3.63) is 0 Å². The summed E-state index contributed by atoms with van der Waals surface area (Å²) in [6.07, 6.45) is -0.259. The molecule has 0 radical (unpaired) electrons. The fourth-order valence-corrected chi connectivity index (χ4v) is 1.46. The Bertz CT molecular complexity index is 336. The van der Waals surface area contributed by atoms with Gasteiger partial charge in [-0.2, -0.15) is 0 Å². The third-order valence-corrected chi connectivity index (χ3v) is 2.08. The minimum absolute atomic E-state index is 0.259. The number of rotatable bonds is 9. The maximum atomic E-state index is 10.9. The molecule has 0 saturated carbocycles. The molecule has 18 heavy (non-hydrogen) atoms. The monoisotopic (exact) mass is 261 g/mol. The van der Waals surface area contributed by atoms with Gasteiger partial charge in [-0.3, -0.25) is 19.3 Å². The summed E-state index contributed by atoms with van der Waals surface area (Å²) in [7, 11) is 0. The standard InChI is InChI=1S/C10H15NO7/c1-6(12)2-7(10(17)18)3-11(4-8(13)14)5-9(15)16/h7H,2-5H2,1H3,(H,13,14)(H,15,16)(H,17,18). The fraction of sp³-hybridized carbons (Fsp3) is 0.600. The zero-order chi connectivity index (χ0) is 14.3. The Morgan fingerprint density at radius 3 is 1.72 bits per heavy atom. The van der Waals surface area contributed by atoms with Crippen molar-refractivity contribution < 1.29 is 34.5 Å². The van der Waals surface area contributed by atoms with E-state index in [0.717, 1.165) is 4.90 Å². The predicted octanol–water partition coefficient (Wildman–Crippen LogP) is -0.862. The van der Waals surface area contributed by atoms with Crippen molar-refractivity contribution in [2.45, 2.75) is 13.3 Å². The summed E-state index contributed by atoms with van der Waals surface area (Å²) < 4.78 is 0. The number of carboxylic acid groups (broad SMARTS) is 3. The Morgan fingerprint density at radius 2 is 1.44 bits per heavy atom. The van der Waals surface area contributed by atoms with Crippen LogP contribution in [-0.4, -0.2) is 63.5 Å². The molecule has 8 heteroatoms. The van der Waals surface area contributed by atoms with E-state index in [4.69, 9.17) is 15.3 Å².